The second-order valence-electron chi connectivity index (χ2n) is 19.9. The van der Waals surface area contributed by atoms with Gasteiger partial charge in [0.1, 0.15) is 17.5 Å². The summed E-state index contributed by atoms with van der Waals surface area (Å²) >= 11 is 0. The first-order valence-corrected chi connectivity index (χ1v) is 19.8. The quantitative estimate of drug-likeness (QED) is 0.229. The van der Waals surface area contributed by atoms with Gasteiger partial charge in [-0.1, -0.05) is 54.0 Å². The average molecular weight is 695 g/mol. The van der Waals surface area contributed by atoms with Gasteiger partial charge >= 0.3 is 12.1 Å². The van der Waals surface area contributed by atoms with Crippen molar-refractivity contribution in [3.63, 3.8) is 0 Å². The highest BCUT2D eigenvalue weighted by Crippen LogP contribution is 2.76. The lowest BCUT2D eigenvalue weighted by Gasteiger charge is -2.70. The van der Waals surface area contributed by atoms with Crippen LogP contribution in [0.3, 0.4) is 0 Å². The monoisotopic (exact) mass is 694 g/mol. The van der Waals surface area contributed by atoms with E-state index in [-0.39, 0.29) is 75.8 Å². The summed E-state index contributed by atoms with van der Waals surface area (Å²) in [6.07, 6.45) is 9.35. The van der Waals surface area contributed by atoms with E-state index in [9.17, 15) is 19.2 Å². The first kappa shape index (κ1) is 37.4. The van der Waals surface area contributed by atoms with Crippen LogP contribution in [0, 0.1) is 50.7 Å². The Morgan fingerprint density at radius 1 is 0.940 bits per heavy atom. The SMILES string of the molecule is CC(=O)O[C@H]1CC[C@@]2(C)C(CC[C@]3(C)C2CCC2=C4C(C(C)C)C(=O)C[C@]4(C(=O)NC[C@@H]4CCCN4C(=O)OC(C)(C)C)CC[C@]23C)C1(C)C. The van der Waals surface area contributed by atoms with Crippen molar-refractivity contribution >= 4 is 23.8 Å². The van der Waals surface area contributed by atoms with Crippen molar-refractivity contribution in [1.82, 2.24) is 10.2 Å². The summed E-state index contributed by atoms with van der Waals surface area (Å²) in [5.74, 6) is 0.871. The van der Waals surface area contributed by atoms with E-state index in [2.05, 4.69) is 53.8 Å². The van der Waals surface area contributed by atoms with Gasteiger partial charge in [0.05, 0.1) is 11.5 Å². The molecule has 1 heterocycles. The number of rotatable bonds is 5. The Morgan fingerprint density at radius 3 is 2.28 bits per heavy atom. The molecule has 1 aliphatic heterocycles. The zero-order valence-electron chi connectivity index (χ0n) is 33.1. The number of hydrogen-bond acceptors (Lipinski definition) is 6. The van der Waals surface area contributed by atoms with Gasteiger partial charge < -0.3 is 19.7 Å². The maximum absolute atomic E-state index is 14.7. The van der Waals surface area contributed by atoms with Crippen LogP contribution in [0.15, 0.2) is 11.1 Å². The predicted molar refractivity (Wildman–Crippen MR) is 194 cm³/mol. The van der Waals surface area contributed by atoms with Crippen LogP contribution >= 0.6 is 0 Å². The highest BCUT2D eigenvalue weighted by atomic mass is 16.6. The smallest absolute Gasteiger partial charge is 0.410 e. The molecule has 0 aromatic heterocycles. The van der Waals surface area contributed by atoms with Crippen LogP contribution in [-0.4, -0.2) is 59.5 Å². The summed E-state index contributed by atoms with van der Waals surface area (Å²) in [6.45, 7) is 24.7. The van der Waals surface area contributed by atoms with E-state index in [4.69, 9.17) is 9.47 Å². The van der Waals surface area contributed by atoms with Crippen LogP contribution in [0.1, 0.15) is 147 Å². The fourth-order valence-corrected chi connectivity index (χ4v) is 13.2. The first-order valence-electron chi connectivity index (χ1n) is 19.8. The normalized spacial score (nSPS) is 40.8. The molecule has 9 atom stereocenters. The van der Waals surface area contributed by atoms with E-state index in [0.717, 1.165) is 63.4 Å². The summed E-state index contributed by atoms with van der Waals surface area (Å²) in [5.41, 5.74) is 1.14. The third-order valence-electron chi connectivity index (χ3n) is 15.5. The van der Waals surface area contributed by atoms with Crippen molar-refractivity contribution in [2.24, 2.45) is 50.7 Å². The minimum atomic E-state index is -0.815. The number of allylic oxidation sites excluding steroid dienone is 1. The summed E-state index contributed by atoms with van der Waals surface area (Å²) in [6, 6.07) is -0.112. The second kappa shape index (κ2) is 12.4. The van der Waals surface area contributed by atoms with Gasteiger partial charge in [-0.2, -0.15) is 0 Å². The third kappa shape index (κ3) is 5.58. The Morgan fingerprint density at radius 2 is 1.64 bits per heavy atom. The number of nitrogens with zero attached hydrogens (tertiary/aromatic N) is 1. The number of amides is 2. The van der Waals surface area contributed by atoms with Gasteiger partial charge in [0.25, 0.3) is 0 Å². The van der Waals surface area contributed by atoms with Crippen LogP contribution in [0.5, 0.6) is 0 Å². The maximum atomic E-state index is 14.7. The fraction of sp³-hybridized carbons (Fsp3) is 0.857. The Balaban J connectivity index is 1.32. The van der Waals surface area contributed by atoms with Crippen molar-refractivity contribution in [2.75, 3.05) is 13.1 Å². The molecule has 1 N–H and O–H groups in total. The minimum absolute atomic E-state index is 0.0249. The van der Waals surface area contributed by atoms with Gasteiger partial charge in [-0.15, -0.1) is 0 Å². The Labute approximate surface area is 301 Å². The zero-order chi connectivity index (χ0) is 36.8. The number of Topliss-reactive ketones (excluding diaryl/α,β-unsaturated/α-hetero) is 1. The number of carbonyl (C=O) groups is 4. The molecule has 8 heteroatoms. The van der Waals surface area contributed by atoms with E-state index >= 15 is 0 Å². The highest BCUT2D eigenvalue weighted by Gasteiger charge is 2.69. The molecule has 50 heavy (non-hydrogen) atoms. The van der Waals surface area contributed by atoms with E-state index in [1.165, 1.54) is 12.5 Å². The molecule has 0 aromatic rings. The molecule has 1 saturated heterocycles. The van der Waals surface area contributed by atoms with Crippen molar-refractivity contribution < 1.29 is 28.7 Å². The van der Waals surface area contributed by atoms with E-state index in [1.807, 2.05) is 20.8 Å². The maximum Gasteiger partial charge on any atom is 0.410 e. The van der Waals surface area contributed by atoms with Gasteiger partial charge in [-0.3, -0.25) is 14.4 Å². The summed E-state index contributed by atoms with van der Waals surface area (Å²) in [4.78, 5) is 55.6. The number of likely N-dealkylation sites (tertiary alicyclic amines) is 1. The van der Waals surface area contributed by atoms with E-state index < -0.39 is 11.0 Å². The van der Waals surface area contributed by atoms with Crippen LogP contribution in [0.2, 0.25) is 0 Å². The molecular formula is C42H66N2O6. The number of nitrogens with one attached hydrogen (secondary N) is 1. The first-order chi connectivity index (χ1) is 23.1. The molecule has 0 radical (unpaired) electrons. The lowest BCUT2D eigenvalue weighted by atomic mass is 9.34. The van der Waals surface area contributed by atoms with Gasteiger partial charge in [0.15, 0.2) is 0 Å². The minimum Gasteiger partial charge on any atom is -0.462 e. The highest BCUT2D eigenvalue weighted by molar-refractivity contribution is 6.00. The van der Waals surface area contributed by atoms with Gasteiger partial charge in [-0.05, 0) is 125 Å². The Hall–Kier alpha value is -2.38. The average Bonchev–Trinajstić information content (AvgIpc) is 3.59. The molecular weight excluding hydrogens is 628 g/mol. The lowest BCUT2D eigenvalue weighted by molar-refractivity contribution is -0.213. The number of fused-ring (bicyclic) bond motifs is 6. The van der Waals surface area contributed by atoms with Crippen molar-refractivity contribution in [1.29, 1.82) is 0 Å². The molecule has 6 aliphatic rings. The molecule has 280 valence electrons. The predicted octanol–water partition coefficient (Wildman–Crippen LogP) is 8.41. The van der Waals surface area contributed by atoms with Gasteiger partial charge in [-0.25, -0.2) is 4.79 Å². The summed E-state index contributed by atoms with van der Waals surface area (Å²) in [5, 5.41) is 3.32. The largest absolute Gasteiger partial charge is 0.462 e. The Kier molecular flexibility index (Phi) is 9.24. The number of hydrogen-bond donors (Lipinski definition) is 1. The summed E-state index contributed by atoms with van der Waals surface area (Å²) in [7, 11) is 0. The number of ether oxygens (including phenoxy) is 2. The molecule has 3 unspecified atom stereocenters. The molecule has 0 aromatic carbocycles. The molecule has 0 spiro atoms. The Bertz CT molecular complexity index is 1460. The van der Waals surface area contributed by atoms with E-state index in [0.29, 0.717) is 31.3 Å². The zero-order valence-corrected chi connectivity index (χ0v) is 33.1. The number of esters is 1. The molecule has 5 aliphatic carbocycles. The standard InChI is InChI=1S/C42H66N2O6/c1-25(2)33-29(46)23-42(35(47)43-24-27-13-12-22-44(27)36(48)50-37(4,5)6)21-20-40(10)28(34(33)42)14-15-31-39(9)18-17-32(49-26(3)45)38(7,8)30(39)16-19-41(31,40)11/h25,27,30-33H,12-24H2,1-11H3,(H,43,47)/t27-,30?,31?,32-,33?,39-,40+,41+,42+/m0/s1. The van der Waals surface area contributed by atoms with E-state index in [1.54, 1.807) is 4.90 Å². The van der Waals surface area contributed by atoms with Crippen LogP contribution in [-0.2, 0) is 23.9 Å². The van der Waals surface area contributed by atoms with Crippen LogP contribution < -0.4 is 5.32 Å². The number of carbonyl (C=O) groups excluding carboxylic acids is 4. The molecule has 5 fully saturated rings. The van der Waals surface area contributed by atoms with Gasteiger partial charge in [0.2, 0.25) is 5.91 Å². The molecule has 6 rings (SSSR count). The van der Waals surface area contributed by atoms with Crippen LogP contribution in [0.25, 0.3) is 0 Å². The van der Waals surface area contributed by atoms with Gasteiger partial charge in [0, 0.05) is 37.8 Å². The second-order valence-corrected chi connectivity index (χ2v) is 19.9. The third-order valence-corrected chi connectivity index (χ3v) is 15.5. The van der Waals surface area contributed by atoms with Crippen molar-refractivity contribution in [2.45, 2.75) is 165 Å². The number of ketones is 1. The van der Waals surface area contributed by atoms with Crippen molar-refractivity contribution in [3.8, 4) is 0 Å². The molecule has 8 nitrogen and oxygen atoms in total. The molecule has 4 saturated carbocycles. The fourth-order valence-electron chi connectivity index (χ4n) is 13.2. The molecule has 0 bridgehead atoms. The molecule has 2 amide bonds. The topological polar surface area (TPSA) is 102 Å². The van der Waals surface area contributed by atoms with Crippen LogP contribution in [0.4, 0.5) is 4.79 Å². The van der Waals surface area contributed by atoms with Crippen molar-refractivity contribution in [3.05, 3.63) is 11.1 Å². The lowest BCUT2D eigenvalue weighted by Crippen LogP contribution is -2.64. The summed E-state index contributed by atoms with van der Waals surface area (Å²) < 4.78 is 11.6.